The van der Waals surface area contributed by atoms with Gasteiger partial charge in [0, 0.05) is 22.6 Å². The molecule has 1 aromatic carbocycles. The van der Waals surface area contributed by atoms with Crippen LogP contribution in [0.25, 0.3) is 0 Å². The molecule has 102 valence electrons. The van der Waals surface area contributed by atoms with Crippen LogP contribution in [0.15, 0.2) is 28.7 Å². The second kappa shape index (κ2) is 7.27. The first-order valence-electron chi connectivity index (χ1n) is 6.74. The van der Waals surface area contributed by atoms with Gasteiger partial charge in [-0.3, -0.25) is 4.90 Å². The van der Waals surface area contributed by atoms with Crippen LogP contribution in [-0.2, 0) is 0 Å². The Morgan fingerprint density at radius 1 is 1.28 bits per heavy atom. The molecule has 0 aliphatic heterocycles. The van der Waals surface area contributed by atoms with E-state index < -0.39 is 0 Å². The van der Waals surface area contributed by atoms with Crippen molar-refractivity contribution in [2.45, 2.75) is 52.2 Å². The van der Waals surface area contributed by atoms with Gasteiger partial charge in [-0.05, 0) is 51.4 Å². The van der Waals surface area contributed by atoms with E-state index in [-0.39, 0.29) is 12.1 Å². The molecule has 1 aromatic rings. The van der Waals surface area contributed by atoms with Crippen molar-refractivity contribution < 1.29 is 0 Å². The largest absolute Gasteiger partial charge is 0.326 e. The molecule has 0 saturated heterocycles. The summed E-state index contributed by atoms with van der Waals surface area (Å²) in [5.74, 6) is 0. The van der Waals surface area contributed by atoms with Gasteiger partial charge in [0.15, 0.2) is 0 Å². The number of hydrogen-bond acceptors (Lipinski definition) is 2. The van der Waals surface area contributed by atoms with Crippen LogP contribution in [0.3, 0.4) is 0 Å². The van der Waals surface area contributed by atoms with E-state index in [0.29, 0.717) is 6.04 Å². The SMILES string of the molecule is CCCN(C(C)C)C(c1cccc(Br)c1)C(C)N. The Kier molecular flexibility index (Phi) is 6.33. The zero-order valence-corrected chi connectivity index (χ0v) is 13.4. The Morgan fingerprint density at radius 3 is 2.39 bits per heavy atom. The minimum absolute atomic E-state index is 0.119. The highest BCUT2D eigenvalue weighted by molar-refractivity contribution is 9.10. The van der Waals surface area contributed by atoms with Crippen molar-refractivity contribution in [3.63, 3.8) is 0 Å². The lowest BCUT2D eigenvalue weighted by atomic mass is 9.97. The molecule has 0 aromatic heterocycles. The fraction of sp³-hybridized carbons (Fsp3) is 0.600. The maximum Gasteiger partial charge on any atom is 0.0499 e. The first-order valence-corrected chi connectivity index (χ1v) is 7.53. The lowest BCUT2D eigenvalue weighted by Gasteiger charge is -2.37. The Hall–Kier alpha value is -0.380. The topological polar surface area (TPSA) is 29.3 Å². The number of benzene rings is 1. The van der Waals surface area contributed by atoms with Gasteiger partial charge in [0.2, 0.25) is 0 Å². The molecule has 0 fully saturated rings. The predicted octanol–water partition coefficient (Wildman–Crippen LogP) is 3.96. The van der Waals surface area contributed by atoms with Gasteiger partial charge >= 0.3 is 0 Å². The van der Waals surface area contributed by atoms with Crippen molar-refractivity contribution >= 4 is 15.9 Å². The van der Waals surface area contributed by atoms with Crippen molar-refractivity contribution in [2.75, 3.05) is 6.54 Å². The summed E-state index contributed by atoms with van der Waals surface area (Å²) < 4.78 is 1.12. The van der Waals surface area contributed by atoms with Crippen LogP contribution >= 0.6 is 15.9 Å². The fourth-order valence-corrected chi connectivity index (χ4v) is 2.88. The van der Waals surface area contributed by atoms with Gasteiger partial charge in [0.25, 0.3) is 0 Å². The number of rotatable bonds is 6. The first kappa shape index (κ1) is 15.7. The monoisotopic (exact) mass is 312 g/mol. The molecule has 0 bridgehead atoms. The van der Waals surface area contributed by atoms with Crippen molar-refractivity contribution in [1.82, 2.24) is 4.90 Å². The highest BCUT2D eigenvalue weighted by atomic mass is 79.9. The summed E-state index contributed by atoms with van der Waals surface area (Å²) in [5.41, 5.74) is 7.52. The molecule has 0 spiro atoms. The molecule has 2 N–H and O–H groups in total. The van der Waals surface area contributed by atoms with Crippen molar-refractivity contribution in [2.24, 2.45) is 5.73 Å². The van der Waals surface area contributed by atoms with Crippen LogP contribution in [0.5, 0.6) is 0 Å². The number of nitrogens with two attached hydrogens (primary N) is 1. The third-order valence-corrected chi connectivity index (χ3v) is 3.68. The average molecular weight is 313 g/mol. The summed E-state index contributed by atoms with van der Waals surface area (Å²) in [6.07, 6.45) is 1.15. The van der Waals surface area contributed by atoms with E-state index in [1.165, 1.54) is 5.56 Å². The quantitative estimate of drug-likeness (QED) is 0.861. The van der Waals surface area contributed by atoms with E-state index in [4.69, 9.17) is 5.73 Å². The van der Waals surface area contributed by atoms with Gasteiger partial charge in [-0.2, -0.15) is 0 Å². The molecule has 0 amide bonds. The third-order valence-electron chi connectivity index (χ3n) is 3.19. The molecular weight excluding hydrogens is 288 g/mol. The van der Waals surface area contributed by atoms with Crippen LogP contribution < -0.4 is 5.73 Å². The smallest absolute Gasteiger partial charge is 0.0499 e. The summed E-state index contributed by atoms with van der Waals surface area (Å²) >= 11 is 3.55. The van der Waals surface area contributed by atoms with E-state index in [2.05, 4.69) is 72.8 Å². The molecule has 2 unspecified atom stereocenters. The lowest BCUT2D eigenvalue weighted by Crippen LogP contribution is -2.43. The minimum Gasteiger partial charge on any atom is -0.326 e. The van der Waals surface area contributed by atoms with E-state index >= 15 is 0 Å². The van der Waals surface area contributed by atoms with Crippen LogP contribution in [0.1, 0.15) is 45.7 Å². The number of hydrogen-bond donors (Lipinski definition) is 1. The fourth-order valence-electron chi connectivity index (χ4n) is 2.46. The Bertz CT molecular complexity index is 363. The Morgan fingerprint density at radius 2 is 1.94 bits per heavy atom. The molecule has 2 atom stereocenters. The molecule has 1 rings (SSSR count). The summed E-state index contributed by atoms with van der Waals surface area (Å²) in [6.45, 7) is 9.87. The van der Waals surface area contributed by atoms with E-state index in [1.54, 1.807) is 0 Å². The number of halogens is 1. The average Bonchev–Trinajstić information content (AvgIpc) is 2.27. The van der Waals surface area contributed by atoms with Gasteiger partial charge in [0.1, 0.15) is 0 Å². The molecule has 0 radical (unpaired) electrons. The van der Waals surface area contributed by atoms with E-state index in [9.17, 15) is 0 Å². The molecule has 0 aliphatic carbocycles. The van der Waals surface area contributed by atoms with Gasteiger partial charge in [-0.15, -0.1) is 0 Å². The summed E-state index contributed by atoms with van der Waals surface area (Å²) in [6, 6.07) is 9.39. The minimum atomic E-state index is 0.119. The normalized spacial score (nSPS) is 15.1. The summed E-state index contributed by atoms with van der Waals surface area (Å²) in [4.78, 5) is 2.49. The molecule has 2 nitrogen and oxygen atoms in total. The second-order valence-electron chi connectivity index (χ2n) is 5.19. The Labute approximate surface area is 120 Å². The first-order chi connectivity index (χ1) is 8.47. The third kappa shape index (κ3) is 4.08. The van der Waals surface area contributed by atoms with E-state index in [0.717, 1.165) is 17.4 Å². The highest BCUT2D eigenvalue weighted by Gasteiger charge is 2.25. The zero-order chi connectivity index (χ0) is 13.7. The van der Waals surface area contributed by atoms with Crippen LogP contribution in [0.4, 0.5) is 0 Å². The summed E-state index contributed by atoms with van der Waals surface area (Å²) in [7, 11) is 0. The van der Waals surface area contributed by atoms with Gasteiger partial charge in [-0.25, -0.2) is 0 Å². The Balaban J connectivity index is 3.07. The van der Waals surface area contributed by atoms with Gasteiger partial charge in [0.05, 0.1) is 0 Å². The van der Waals surface area contributed by atoms with Crippen LogP contribution in [-0.4, -0.2) is 23.5 Å². The molecular formula is C15H25BrN2. The maximum atomic E-state index is 6.23. The lowest BCUT2D eigenvalue weighted by molar-refractivity contribution is 0.136. The standard InChI is InChI=1S/C15H25BrN2/c1-5-9-18(11(2)3)15(12(4)17)13-7-6-8-14(16)10-13/h6-8,10-12,15H,5,9,17H2,1-4H3. The molecule has 0 heterocycles. The second-order valence-corrected chi connectivity index (χ2v) is 6.11. The van der Waals surface area contributed by atoms with Crippen molar-refractivity contribution in [3.8, 4) is 0 Å². The maximum absolute atomic E-state index is 6.23. The van der Waals surface area contributed by atoms with Crippen LogP contribution in [0, 0.1) is 0 Å². The highest BCUT2D eigenvalue weighted by Crippen LogP contribution is 2.27. The van der Waals surface area contributed by atoms with Crippen molar-refractivity contribution in [3.05, 3.63) is 34.3 Å². The molecule has 0 saturated carbocycles. The zero-order valence-electron chi connectivity index (χ0n) is 11.9. The predicted molar refractivity (Wildman–Crippen MR) is 82.7 cm³/mol. The molecule has 0 aliphatic rings. The molecule has 3 heteroatoms. The van der Waals surface area contributed by atoms with Gasteiger partial charge < -0.3 is 5.73 Å². The summed E-state index contributed by atoms with van der Waals surface area (Å²) in [5, 5.41) is 0. The van der Waals surface area contributed by atoms with Gasteiger partial charge in [-0.1, -0.05) is 35.0 Å². The van der Waals surface area contributed by atoms with Crippen molar-refractivity contribution in [1.29, 1.82) is 0 Å². The molecule has 18 heavy (non-hydrogen) atoms. The number of nitrogens with zero attached hydrogens (tertiary/aromatic N) is 1. The van der Waals surface area contributed by atoms with E-state index in [1.807, 2.05) is 0 Å². The van der Waals surface area contributed by atoms with Crippen LogP contribution in [0.2, 0.25) is 0 Å².